The van der Waals surface area contributed by atoms with Crippen LogP contribution in [0.2, 0.25) is 10.0 Å². The van der Waals surface area contributed by atoms with Crippen molar-refractivity contribution in [3.63, 3.8) is 0 Å². The molecule has 0 radical (unpaired) electrons. The van der Waals surface area contributed by atoms with Crippen LogP contribution in [0.4, 0.5) is 0 Å². The molecule has 166 valence electrons. The zero-order valence-electron chi connectivity index (χ0n) is 18.6. The van der Waals surface area contributed by atoms with Gasteiger partial charge in [0.25, 0.3) is 0 Å². The third kappa shape index (κ3) is 5.00. The van der Waals surface area contributed by atoms with Crippen LogP contribution in [-0.2, 0) is 4.79 Å². The van der Waals surface area contributed by atoms with Gasteiger partial charge in [0.05, 0.1) is 11.5 Å². The maximum Gasteiger partial charge on any atom is 0.229 e. The van der Waals surface area contributed by atoms with Crippen molar-refractivity contribution in [2.75, 3.05) is 13.6 Å². The van der Waals surface area contributed by atoms with Gasteiger partial charge in [-0.05, 0) is 61.7 Å². The van der Waals surface area contributed by atoms with E-state index in [1.807, 2.05) is 55.6 Å². The van der Waals surface area contributed by atoms with E-state index in [2.05, 4.69) is 36.7 Å². The SMILES string of the molecule is C=CC[C@@]1(C)CC(c2cccc(Cl)c2)C(c2ccc(Cl)cc2)N(C(CC)CNC)C1=O. The number of carbonyl (C=O) groups excluding carboxylic acids is 1. The van der Waals surface area contributed by atoms with Crippen LogP contribution in [0.25, 0.3) is 0 Å². The molecule has 1 N–H and O–H groups in total. The van der Waals surface area contributed by atoms with E-state index < -0.39 is 5.41 Å². The maximum absolute atomic E-state index is 14.0. The quantitative estimate of drug-likeness (QED) is 0.450. The molecule has 0 spiro atoms. The fourth-order valence-corrected chi connectivity index (χ4v) is 5.29. The minimum atomic E-state index is -0.515. The van der Waals surface area contributed by atoms with Crippen molar-refractivity contribution in [3.05, 3.63) is 82.4 Å². The second kappa shape index (κ2) is 10.2. The summed E-state index contributed by atoms with van der Waals surface area (Å²) in [6.45, 7) is 8.89. The highest BCUT2D eigenvalue weighted by Crippen LogP contribution is 2.52. The normalized spacial score (nSPS) is 24.8. The highest BCUT2D eigenvalue weighted by atomic mass is 35.5. The van der Waals surface area contributed by atoms with E-state index in [-0.39, 0.29) is 23.9 Å². The standard InChI is InChI=1S/C26H32Cl2N2O/c1-5-14-26(3)16-23(19-8-7-9-21(28)15-19)24(18-10-12-20(27)13-11-18)30(25(26)31)22(6-2)17-29-4/h5,7-13,15,22-24,29H,1,6,14,16-17H2,2-4H3/t22?,23?,24?,26-/m0/s1. The number of piperidine rings is 1. The number of allylic oxidation sites excluding steroid dienone is 1. The van der Waals surface area contributed by atoms with Gasteiger partial charge in [-0.25, -0.2) is 0 Å². The molecule has 5 heteroatoms. The van der Waals surface area contributed by atoms with Gasteiger partial charge in [-0.2, -0.15) is 0 Å². The van der Waals surface area contributed by atoms with Crippen molar-refractivity contribution in [1.29, 1.82) is 0 Å². The van der Waals surface area contributed by atoms with Crippen LogP contribution in [0.15, 0.2) is 61.2 Å². The number of nitrogens with zero attached hydrogens (tertiary/aromatic N) is 1. The Bertz CT molecular complexity index is 914. The van der Waals surface area contributed by atoms with Crippen LogP contribution in [0.3, 0.4) is 0 Å². The van der Waals surface area contributed by atoms with E-state index in [4.69, 9.17) is 23.2 Å². The van der Waals surface area contributed by atoms with Gasteiger partial charge in [0.1, 0.15) is 0 Å². The number of likely N-dealkylation sites (N-methyl/N-ethyl adjacent to an activating group) is 1. The molecule has 0 bridgehead atoms. The number of hydrogen-bond donors (Lipinski definition) is 1. The van der Waals surface area contributed by atoms with E-state index in [1.165, 1.54) is 0 Å². The lowest BCUT2D eigenvalue weighted by Gasteiger charge is -2.52. The Morgan fingerprint density at radius 2 is 1.90 bits per heavy atom. The zero-order chi connectivity index (χ0) is 22.6. The van der Waals surface area contributed by atoms with E-state index in [0.717, 1.165) is 30.5 Å². The smallest absolute Gasteiger partial charge is 0.229 e. The molecule has 1 aliphatic rings. The summed E-state index contributed by atoms with van der Waals surface area (Å²) < 4.78 is 0. The number of carbonyl (C=O) groups is 1. The summed E-state index contributed by atoms with van der Waals surface area (Å²) in [5, 5.41) is 4.69. The van der Waals surface area contributed by atoms with Crippen molar-refractivity contribution >= 4 is 29.1 Å². The first-order chi connectivity index (χ1) is 14.8. The summed E-state index contributed by atoms with van der Waals surface area (Å²) in [6, 6.07) is 15.9. The van der Waals surface area contributed by atoms with Gasteiger partial charge in [0.15, 0.2) is 0 Å². The summed E-state index contributed by atoms with van der Waals surface area (Å²) >= 11 is 12.6. The number of hydrogen-bond acceptors (Lipinski definition) is 2. The molecule has 1 saturated heterocycles. The highest BCUT2D eigenvalue weighted by Gasteiger charge is 2.50. The van der Waals surface area contributed by atoms with Crippen LogP contribution in [0, 0.1) is 5.41 Å². The fraction of sp³-hybridized carbons (Fsp3) is 0.423. The molecule has 3 unspecified atom stereocenters. The number of rotatable bonds is 8. The molecule has 3 nitrogen and oxygen atoms in total. The van der Waals surface area contributed by atoms with Gasteiger partial charge in [-0.3, -0.25) is 4.79 Å². The molecule has 0 aromatic heterocycles. The number of nitrogens with one attached hydrogen (secondary N) is 1. The number of likely N-dealkylation sites (tertiary alicyclic amines) is 1. The predicted octanol–water partition coefficient (Wildman–Crippen LogP) is 6.63. The van der Waals surface area contributed by atoms with Crippen molar-refractivity contribution < 1.29 is 4.79 Å². The van der Waals surface area contributed by atoms with E-state index >= 15 is 0 Å². The first-order valence-corrected chi connectivity index (χ1v) is 11.7. The molecule has 1 amide bonds. The predicted molar refractivity (Wildman–Crippen MR) is 131 cm³/mol. The monoisotopic (exact) mass is 458 g/mol. The largest absolute Gasteiger partial charge is 0.330 e. The molecular weight excluding hydrogens is 427 g/mol. The van der Waals surface area contributed by atoms with Crippen LogP contribution >= 0.6 is 23.2 Å². The summed E-state index contributed by atoms with van der Waals surface area (Å²) in [5.41, 5.74) is 1.73. The van der Waals surface area contributed by atoms with E-state index in [0.29, 0.717) is 16.5 Å². The average Bonchev–Trinajstić information content (AvgIpc) is 2.75. The zero-order valence-corrected chi connectivity index (χ0v) is 20.1. The first kappa shape index (κ1) is 23.8. The van der Waals surface area contributed by atoms with Crippen molar-refractivity contribution in [2.45, 2.75) is 51.1 Å². The Morgan fingerprint density at radius 3 is 2.48 bits per heavy atom. The molecule has 4 atom stereocenters. The van der Waals surface area contributed by atoms with Crippen LogP contribution in [0.1, 0.15) is 56.2 Å². The molecule has 0 aliphatic carbocycles. The Kier molecular flexibility index (Phi) is 7.85. The number of benzene rings is 2. The molecule has 31 heavy (non-hydrogen) atoms. The molecule has 2 aromatic rings. The van der Waals surface area contributed by atoms with Crippen LogP contribution < -0.4 is 5.32 Å². The summed E-state index contributed by atoms with van der Waals surface area (Å²) in [6.07, 6.45) is 4.11. The molecule has 1 heterocycles. The van der Waals surface area contributed by atoms with Gasteiger partial charge in [0, 0.05) is 28.5 Å². The van der Waals surface area contributed by atoms with Crippen LogP contribution in [-0.4, -0.2) is 30.4 Å². The molecule has 2 aromatic carbocycles. The minimum absolute atomic E-state index is 0.0734. The molecule has 1 aliphatic heterocycles. The van der Waals surface area contributed by atoms with E-state index in [9.17, 15) is 4.79 Å². The topological polar surface area (TPSA) is 32.3 Å². The summed E-state index contributed by atoms with van der Waals surface area (Å²) in [7, 11) is 1.94. The number of amides is 1. The minimum Gasteiger partial charge on any atom is -0.330 e. The molecular formula is C26H32Cl2N2O. The second-order valence-electron chi connectivity index (χ2n) is 8.75. The summed E-state index contributed by atoms with van der Waals surface area (Å²) in [5.74, 6) is 0.293. The molecule has 3 rings (SSSR count). The molecule has 0 saturated carbocycles. The Balaban J connectivity index is 2.21. The highest BCUT2D eigenvalue weighted by molar-refractivity contribution is 6.30. The first-order valence-electron chi connectivity index (χ1n) is 10.9. The lowest BCUT2D eigenvalue weighted by molar-refractivity contribution is -0.154. The fourth-order valence-electron chi connectivity index (χ4n) is 4.96. The molecule has 1 fully saturated rings. The maximum atomic E-state index is 14.0. The Hall–Kier alpha value is -1.81. The second-order valence-corrected chi connectivity index (χ2v) is 9.62. The number of halogens is 2. The van der Waals surface area contributed by atoms with Gasteiger partial charge in [-0.1, -0.05) is 67.4 Å². The third-order valence-corrected chi connectivity index (χ3v) is 6.98. The Labute approximate surface area is 196 Å². The third-order valence-electron chi connectivity index (χ3n) is 6.49. The van der Waals surface area contributed by atoms with Gasteiger partial charge in [-0.15, -0.1) is 6.58 Å². The lowest BCUT2D eigenvalue weighted by Crippen LogP contribution is -2.57. The average molecular weight is 459 g/mol. The van der Waals surface area contributed by atoms with Crippen molar-refractivity contribution in [1.82, 2.24) is 10.2 Å². The lowest BCUT2D eigenvalue weighted by atomic mass is 9.67. The summed E-state index contributed by atoms with van der Waals surface area (Å²) in [4.78, 5) is 16.1. The van der Waals surface area contributed by atoms with Crippen LogP contribution in [0.5, 0.6) is 0 Å². The van der Waals surface area contributed by atoms with Gasteiger partial charge in [0.2, 0.25) is 5.91 Å². The Morgan fingerprint density at radius 1 is 1.19 bits per heavy atom. The van der Waals surface area contributed by atoms with Crippen molar-refractivity contribution in [2.24, 2.45) is 5.41 Å². The van der Waals surface area contributed by atoms with E-state index in [1.54, 1.807) is 0 Å². The van der Waals surface area contributed by atoms with Gasteiger partial charge < -0.3 is 10.2 Å². The van der Waals surface area contributed by atoms with Gasteiger partial charge >= 0.3 is 0 Å². The van der Waals surface area contributed by atoms with Crippen molar-refractivity contribution in [3.8, 4) is 0 Å².